The molecule has 0 spiro atoms. The van der Waals surface area contributed by atoms with Gasteiger partial charge in [-0.1, -0.05) is 34.1 Å². The van der Waals surface area contributed by atoms with Crippen molar-refractivity contribution in [1.82, 2.24) is 0 Å². The summed E-state index contributed by atoms with van der Waals surface area (Å²) < 4.78 is 7.97. The van der Waals surface area contributed by atoms with Crippen LogP contribution in [-0.2, 0) is 6.61 Å². The number of hydrogen-bond acceptors (Lipinski definition) is 1. The Morgan fingerprint density at radius 3 is 2.50 bits per heavy atom. The van der Waals surface area contributed by atoms with Crippen molar-refractivity contribution in [2.75, 3.05) is 0 Å². The lowest BCUT2D eigenvalue weighted by Crippen LogP contribution is -1.95. The molecule has 2 rings (SSSR count). The zero-order valence-electron chi connectivity index (χ0n) is 8.49. The van der Waals surface area contributed by atoms with Gasteiger partial charge < -0.3 is 4.74 Å². The average molecular weight is 389 g/mol. The highest BCUT2D eigenvalue weighted by atomic mass is 127. The van der Waals surface area contributed by atoms with Crippen molar-refractivity contribution in [2.45, 2.75) is 6.61 Å². The topological polar surface area (TPSA) is 9.23 Å². The maximum atomic E-state index is 5.69. The van der Waals surface area contributed by atoms with Crippen molar-refractivity contribution in [2.24, 2.45) is 0 Å². The SMILES string of the molecule is Brc1ccc(COc2cccc(I)c2)cc1. The molecule has 0 saturated heterocycles. The highest BCUT2D eigenvalue weighted by Crippen LogP contribution is 2.17. The van der Waals surface area contributed by atoms with Crippen LogP contribution in [0.2, 0.25) is 0 Å². The zero-order valence-corrected chi connectivity index (χ0v) is 12.2. The number of halogens is 2. The van der Waals surface area contributed by atoms with Crippen LogP contribution in [0.4, 0.5) is 0 Å². The summed E-state index contributed by atoms with van der Waals surface area (Å²) in [7, 11) is 0. The van der Waals surface area contributed by atoms with E-state index in [1.54, 1.807) is 0 Å². The quantitative estimate of drug-likeness (QED) is 0.696. The van der Waals surface area contributed by atoms with Crippen LogP contribution in [0.15, 0.2) is 53.0 Å². The summed E-state index contributed by atoms with van der Waals surface area (Å²) in [6.45, 7) is 0.605. The van der Waals surface area contributed by atoms with Gasteiger partial charge in [0.2, 0.25) is 0 Å². The molecular weight excluding hydrogens is 379 g/mol. The Hall–Kier alpha value is -0.550. The molecule has 0 aliphatic heterocycles. The molecule has 0 aliphatic carbocycles. The molecule has 0 bridgehead atoms. The van der Waals surface area contributed by atoms with Crippen LogP contribution < -0.4 is 4.74 Å². The van der Waals surface area contributed by atoms with Gasteiger partial charge in [0, 0.05) is 8.04 Å². The summed E-state index contributed by atoms with van der Waals surface area (Å²) in [5.41, 5.74) is 1.17. The van der Waals surface area contributed by atoms with Crippen LogP contribution in [0, 0.1) is 3.57 Å². The van der Waals surface area contributed by atoms with Crippen molar-refractivity contribution >= 4 is 38.5 Å². The average Bonchev–Trinajstić information content (AvgIpc) is 2.28. The van der Waals surface area contributed by atoms with Gasteiger partial charge in [-0.15, -0.1) is 0 Å². The van der Waals surface area contributed by atoms with Gasteiger partial charge in [0.15, 0.2) is 0 Å². The van der Waals surface area contributed by atoms with Crippen molar-refractivity contribution in [3.05, 3.63) is 62.1 Å². The summed E-state index contributed by atoms with van der Waals surface area (Å²) in [6, 6.07) is 16.2. The zero-order chi connectivity index (χ0) is 11.4. The standard InChI is InChI=1S/C13H10BrIO/c14-11-6-4-10(5-7-11)9-16-13-3-1-2-12(15)8-13/h1-8H,9H2. The molecule has 0 aliphatic rings. The lowest BCUT2D eigenvalue weighted by molar-refractivity contribution is 0.306. The van der Waals surface area contributed by atoms with Crippen LogP contribution >= 0.6 is 38.5 Å². The van der Waals surface area contributed by atoms with Gasteiger partial charge in [0.05, 0.1) is 0 Å². The fourth-order valence-electron chi connectivity index (χ4n) is 1.30. The van der Waals surface area contributed by atoms with Gasteiger partial charge in [-0.3, -0.25) is 0 Å². The molecule has 0 N–H and O–H groups in total. The second-order valence-corrected chi connectivity index (χ2v) is 5.53. The molecule has 0 atom stereocenters. The van der Waals surface area contributed by atoms with E-state index in [0.29, 0.717) is 6.61 Å². The minimum absolute atomic E-state index is 0.605. The molecule has 0 saturated carbocycles. The molecule has 0 radical (unpaired) electrons. The first-order valence-corrected chi connectivity index (χ1v) is 6.74. The van der Waals surface area contributed by atoms with Crippen LogP contribution in [0.25, 0.3) is 0 Å². The first-order valence-electron chi connectivity index (χ1n) is 4.87. The second kappa shape index (κ2) is 5.68. The predicted octanol–water partition coefficient (Wildman–Crippen LogP) is 4.63. The van der Waals surface area contributed by atoms with Gasteiger partial charge in [0.1, 0.15) is 12.4 Å². The van der Waals surface area contributed by atoms with E-state index in [1.807, 2.05) is 36.4 Å². The van der Waals surface area contributed by atoms with Crippen LogP contribution in [0.3, 0.4) is 0 Å². The molecule has 2 aromatic rings. The Labute approximate surface area is 117 Å². The number of benzene rings is 2. The maximum Gasteiger partial charge on any atom is 0.120 e. The minimum Gasteiger partial charge on any atom is -0.489 e. The van der Waals surface area contributed by atoms with E-state index in [1.165, 1.54) is 9.13 Å². The molecular formula is C13H10BrIO. The number of hydrogen-bond donors (Lipinski definition) is 0. The molecule has 0 aromatic heterocycles. The van der Waals surface area contributed by atoms with Crippen molar-refractivity contribution in [3.63, 3.8) is 0 Å². The Morgan fingerprint density at radius 2 is 1.81 bits per heavy atom. The fraction of sp³-hybridized carbons (Fsp3) is 0.0769. The summed E-state index contributed by atoms with van der Waals surface area (Å²) >= 11 is 5.69. The highest BCUT2D eigenvalue weighted by Gasteiger charge is 1.96. The fourth-order valence-corrected chi connectivity index (χ4v) is 2.08. The maximum absolute atomic E-state index is 5.69. The number of rotatable bonds is 3. The summed E-state index contributed by atoms with van der Waals surface area (Å²) in [5, 5.41) is 0. The molecule has 2 aromatic carbocycles. The molecule has 16 heavy (non-hydrogen) atoms. The Bertz CT molecular complexity index is 468. The van der Waals surface area contributed by atoms with Gasteiger partial charge in [0.25, 0.3) is 0 Å². The van der Waals surface area contributed by atoms with Gasteiger partial charge in [-0.25, -0.2) is 0 Å². The summed E-state index contributed by atoms with van der Waals surface area (Å²) in [4.78, 5) is 0. The summed E-state index contributed by atoms with van der Waals surface area (Å²) in [6.07, 6.45) is 0. The van der Waals surface area contributed by atoms with Gasteiger partial charge in [-0.05, 0) is 58.5 Å². The molecule has 0 fully saturated rings. The van der Waals surface area contributed by atoms with E-state index in [0.717, 1.165) is 10.2 Å². The molecule has 0 amide bonds. The lowest BCUT2D eigenvalue weighted by atomic mass is 10.2. The third kappa shape index (κ3) is 3.49. The molecule has 0 heterocycles. The molecule has 0 unspecified atom stereocenters. The third-order valence-corrected chi connectivity index (χ3v) is 3.31. The first-order chi connectivity index (χ1) is 7.74. The molecule has 3 heteroatoms. The van der Waals surface area contributed by atoms with Gasteiger partial charge in [-0.2, -0.15) is 0 Å². The largest absolute Gasteiger partial charge is 0.489 e. The first kappa shape index (κ1) is 11.9. The van der Waals surface area contributed by atoms with Crippen molar-refractivity contribution in [3.8, 4) is 5.75 Å². The monoisotopic (exact) mass is 388 g/mol. The van der Waals surface area contributed by atoms with E-state index >= 15 is 0 Å². The van der Waals surface area contributed by atoms with E-state index in [2.05, 4.69) is 50.7 Å². The van der Waals surface area contributed by atoms with Crippen molar-refractivity contribution in [1.29, 1.82) is 0 Å². The third-order valence-electron chi connectivity index (χ3n) is 2.11. The van der Waals surface area contributed by atoms with Crippen LogP contribution in [-0.4, -0.2) is 0 Å². The van der Waals surface area contributed by atoms with Gasteiger partial charge >= 0.3 is 0 Å². The van der Waals surface area contributed by atoms with E-state index in [4.69, 9.17) is 4.74 Å². The predicted molar refractivity (Wildman–Crippen MR) is 77.6 cm³/mol. The van der Waals surface area contributed by atoms with Crippen LogP contribution in [0.1, 0.15) is 5.56 Å². The normalized spacial score (nSPS) is 10.1. The number of ether oxygens (including phenoxy) is 1. The van der Waals surface area contributed by atoms with E-state index in [-0.39, 0.29) is 0 Å². The smallest absolute Gasteiger partial charge is 0.120 e. The summed E-state index contributed by atoms with van der Waals surface area (Å²) in [5.74, 6) is 0.912. The van der Waals surface area contributed by atoms with E-state index in [9.17, 15) is 0 Å². The molecule has 1 nitrogen and oxygen atoms in total. The molecule has 82 valence electrons. The Balaban J connectivity index is 1.99. The van der Waals surface area contributed by atoms with Crippen LogP contribution in [0.5, 0.6) is 5.75 Å². The highest BCUT2D eigenvalue weighted by molar-refractivity contribution is 14.1. The second-order valence-electron chi connectivity index (χ2n) is 3.37. The van der Waals surface area contributed by atoms with Crippen molar-refractivity contribution < 1.29 is 4.74 Å². The Kier molecular flexibility index (Phi) is 4.23. The lowest BCUT2D eigenvalue weighted by Gasteiger charge is -2.06. The minimum atomic E-state index is 0.605. The van der Waals surface area contributed by atoms with E-state index < -0.39 is 0 Å². The Morgan fingerprint density at radius 1 is 1.06 bits per heavy atom.